The van der Waals surface area contributed by atoms with Crippen LogP contribution in [0.4, 0.5) is 0 Å². The number of Topliss-reactive ketones (excluding diaryl/α,β-unsaturated/α-hetero) is 5. The van der Waals surface area contributed by atoms with Gasteiger partial charge in [-0.3, -0.25) is 19.2 Å². The Kier molecular flexibility index (Phi) is 19.9. The summed E-state index contributed by atoms with van der Waals surface area (Å²) in [7, 11) is 0. The molecule has 9 heteroatoms. The van der Waals surface area contributed by atoms with Crippen LogP contribution in [-0.2, 0) is 37.1 Å². The van der Waals surface area contributed by atoms with Crippen molar-refractivity contribution in [3.05, 3.63) is 281 Å². The molecule has 8 bridgehead atoms. The van der Waals surface area contributed by atoms with E-state index in [0.717, 1.165) is 146 Å². The van der Waals surface area contributed by atoms with Crippen LogP contribution >= 0.6 is 0 Å². The third-order valence-corrected chi connectivity index (χ3v) is 19.8. The Morgan fingerprint density at radius 1 is 0.275 bits per heavy atom. The van der Waals surface area contributed by atoms with Crippen LogP contribution in [-0.4, -0.2) is 48.0 Å². The molecule has 532 valence electrons. The van der Waals surface area contributed by atoms with E-state index in [4.69, 9.17) is 0 Å². The van der Waals surface area contributed by atoms with Crippen molar-refractivity contribution in [3.8, 4) is 0 Å². The number of ketones is 5. The average Bonchev–Trinajstić information content (AvgIpc) is 1.50. The van der Waals surface area contributed by atoms with E-state index in [1.54, 1.807) is 0 Å². The molecule has 0 unspecified atom stereocenters. The lowest BCUT2D eigenvalue weighted by Gasteiger charge is -2.32. The first-order chi connectivity index (χ1) is 47.0. The number of fused-ring (bicyclic) bond motifs is 8. The molecule has 11 rings (SSSR count). The van der Waals surface area contributed by atoms with Crippen LogP contribution in [0, 0.1) is 43.3 Å². The number of carbonyl (C=O) groups excluding carboxylic acids is 5. The Labute approximate surface area is 608 Å². The van der Waals surface area contributed by atoms with Gasteiger partial charge in [-0.05, 0) is 188 Å². The number of carbonyl (C=O) groups is 5. The van der Waals surface area contributed by atoms with Crippen LogP contribution in [0.15, 0.2) is 225 Å². The Balaban J connectivity index is 0.00000273. The number of H-pyrrole nitrogens is 2. The highest BCUT2D eigenvalue weighted by Gasteiger charge is 2.41. The van der Waals surface area contributed by atoms with Gasteiger partial charge in [-0.25, -0.2) is 0 Å². The van der Waals surface area contributed by atoms with Crippen LogP contribution in [0.1, 0.15) is 237 Å². The Morgan fingerprint density at radius 3 is 0.598 bits per heavy atom. The van der Waals surface area contributed by atoms with Crippen molar-refractivity contribution in [3.63, 3.8) is 0 Å². The summed E-state index contributed by atoms with van der Waals surface area (Å²) < 4.78 is 4.87. The summed E-state index contributed by atoms with van der Waals surface area (Å²) >= 11 is 0. The molecular formula is C93H110N4O5. The predicted molar refractivity (Wildman–Crippen MR) is 422 cm³/mol. The van der Waals surface area contributed by atoms with E-state index in [2.05, 4.69) is 343 Å². The number of hydrogen-bond donors (Lipinski definition) is 2. The van der Waals surface area contributed by atoms with Gasteiger partial charge in [0, 0.05) is 103 Å². The molecule has 6 aromatic rings. The summed E-state index contributed by atoms with van der Waals surface area (Å²) in [5.41, 5.74) is 17.9. The van der Waals surface area contributed by atoms with Gasteiger partial charge in [0.05, 0.1) is 22.8 Å². The van der Waals surface area contributed by atoms with Gasteiger partial charge in [0.15, 0.2) is 23.1 Å². The van der Waals surface area contributed by atoms with E-state index < -0.39 is 43.3 Å². The maximum Gasteiger partial charge on any atom is 0.186 e. The number of allylic oxidation sites excluding steroid dienone is 20. The van der Waals surface area contributed by atoms with Gasteiger partial charge in [-0.2, -0.15) is 0 Å². The molecule has 5 heterocycles. The highest BCUT2D eigenvalue weighted by Crippen LogP contribution is 2.50. The average molecular weight is 1360 g/mol. The zero-order valence-electron chi connectivity index (χ0n) is 65.9. The predicted octanol–water partition coefficient (Wildman–Crippen LogP) is 22.3. The molecule has 9 nitrogen and oxygen atoms in total. The lowest BCUT2D eigenvalue weighted by molar-refractivity contribution is -0.115. The molecule has 0 fully saturated rings. The fourth-order valence-corrected chi connectivity index (χ4v) is 14.4. The van der Waals surface area contributed by atoms with Gasteiger partial charge >= 0.3 is 0 Å². The van der Waals surface area contributed by atoms with Crippen LogP contribution in [0.5, 0.6) is 0 Å². The van der Waals surface area contributed by atoms with Gasteiger partial charge in [0.2, 0.25) is 0 Å². The number of nitrogens with zero attached hydrogens (tertiary/aromatic N) is 2. The summed E-state index contributed by atoms with van der Waals surface area (Å²) in [6.45, 7) is 55.0. The number of aromatic amines is 2. The lowest BCUT2D eigenvalue weighted by Crippen LogP contribution is -2.28. The summed E-state index contributed by atoms with van der Waals surface area (Å²) in [6, 6.07) is 39.0. The molecule has 0 spiro atoms. The molecule has 2 N–H and O–H groups in total. The molecule has 4 aliphatic carbocycles. The summed E-state index contributed by atoms with van der Waals surface area (Å²) in [4.78, 5) is 78.5. The first-order valence-electron chi connectivity index (χ1n) is 36.3. The molecule has 0 saturated carbocycles. The van der Waals surface area contributed by atoms with Crippen molar-refractivity contribution in [2.45, 2.75) is 193 Å². The van der Waals surface area contributed by atoms with Crippen LogP contribution in [0.3, 0.4) is 0 Å². The molecule has 102 heavy (non-hydrogen) atoms. The molecule has 0 radical (unpaired) electrons. The number of rotatable bonds is 4. The molecule has 0 atom stereocenters. The van der Waals surface area contributed by atoms with Gasteiger partial charge in [-0.1, -0.05) is 227 Å². The third-order valence-electron chi connectivity index (χ3n) is 19.8. The van der Waals surface area contributed by atoms with Crippen LogP contribution in [0.25, 0.3) is 22.3 Å². The molecular weight excluding hydrogens is 1250 g/mol. The van der Waals surface area contributed by atoms with E-state index in [9.17, 15) is 4.79 Å². The first-order valence-corrected chi connectivity index (χ1v) is 36.3. The lowest BCUT2D eigenvalue weighted by atomic mass is 9.71. The largest absolute Gasteiger partial charge is 0.354 e. The van der Waals surface area contributed by atoms with Crippen LogP contribution in [0.2, 0.25) is 0 Å². The monoisotopic (exact) mass is 1360 g/mol. The van der Waals surface area contributed by atoms with Gasteiger partial charge in [0.25, 0.3) is 0 Å². The van der Waals surface area contributed by atoms with Gasteiger partial charge < -0.3 is 23.9 Å². The second-order valence-electron chi connectivity index (χ2n) is 36.9. The Hall–Kier alpha value is -9.21. The van der Waals surface area contributed by atoms with E-state index in [-0.39, 0.29) is 28.9 Å². The fraction of sp³-hybridized carbons (Fsp3) is 0.387. The quantitative estimate of drug-likeness (QED) is 0.181. The topological polar surface area (TPSA) is 127 Å². The number of nitrogens with one attached hydrogen (secondary N) is 2. The number of aromatic nitrogens is 4. The zero-order chi connectivity index (χ0) is 75.3. The second-order valence-corrected chi connectivity index (χ2v) is 36.9. The smallest absolute Gasteiger partial charge is 0.186 e. The maximum atomic E-state index is 15.2. The standard InChI is InChI=1S/C90H104N4O4.C3H6O/c1-83(2,3)59-43-55(44-60(79(59)95)84(4,5)6)75-67-35-36-68(91-67)76(56-45-61(85(7,8)9)80(96)62(46-56)86(10,11)12)73-41-42-74(94(73)52-54-33-29-26-30-34-54)78(58-49-65(89(19,20)21)82(98)66(50-58)90(22,23)24)70-38-37-69(92-70)77(72-40-39-71(75)93(72)51-53-31-27-25-28-32-53)57-47-63(87(13,14)15)81(97)64(48-57)88(16,17)18;1-3(2)4/h25-50,91-92H,51-52H2,1-24H3;1-2H3. The van der Waals surface area contributed by atoms with Crippen LogP contribution < -0.4 is 0 Å². The van der Waals surface area contributed by atoms with E-state index in [0.29, 0.717) is 13.1 Å². The minimum Gasteiger partial charge on any atom is -0.354 e. The summed E-state index contributed by atoms with van der Waals surface area (Å²) in [5.74, 6) is 0.335. The molecule has 1 aliphatic heterocycles. The summed E-state index contributed by atoms with van der Waals surface area (Å²) in [6.07, 6.45) is 17.1. The van der Waals surface area contributed by atoms with Crippen molar-refractivity contribution in [2.75, 3.05) is 0 Å². The normalized spacial score (nSPS) is 17.0. The van der Waals surface area contributed by atoms with Gasteiger partial charge in [0.1, 0.15) is 5.78 Å². The minimum atomic E-state index is -0.527. The number of hydrogen-bond acceptors (Lipinski definition) is 5. The Morgan fingerprint density at radius 2 is 0.441 bits per heavy atom. The molecule has 2 aromatic carbocycles. The SMILES string of the molecule is CC(C)(C)C1=CC(=C2c3ccc([nH]3)C(=C3C=C(C(C)(C)C)C(=O)C(C(C)(C)C)=C3)c3ccc(n3Cc3ccccc3)C(=C3C=C(C(C)(C)C)C(=O)C(C(C)(C)C)=C3)c3ccc([nH]3)C(=C3C=C(C(C)(C)C)C(=O)C(C(C)(C)C)=C3)c3ccc2n3Cc2ccccc2)C=C(C(C)(C)C)C1=O.CC(C)=O. The van der Waals surface area contributed by atoms with E-state index in [1.165, 1.54) is 13.8 Å². The molecule has 5 aliphatic rings. The molecule has 4 aromatic heterocycles. The summed E-state index contributed by atoms with van der Waals surface area (Å²) in [5, 5.41) is 0. The zero-order valence-corrected chi connectivity index (χ0v) is 65.9. The fourth-order valence-electron chi connectivity index (χ4n) is 14.4. The maximum absolute atomic E-state index is 15.2. The van der Waals surface area contributed by atoms with Crippen molar-refractivity contribution in [1.82, 2.24) is 19.1 Å². The van der Waals surface area contributed by atoms with Crippen molar-refractivity contribution in [1.29, 1.82) is 0 Å². The molecule has 0 amide bonds. The minimum absolute atomic E-state index is 0.0421. The van der Waals surface area contributed by atoms with Crippen molar-refractivity contribution >= 4 is 51.2 Å². The first kappa shape index (κ1) is 75.5. The number of benzene rings is 2. The second kappa shape index (κ2) is 26.9. The highest BCUT2D eigenvalue weighted by molar-refractivity contribution is 6.16. The van der Waals surface area contributed by atoms with E-state index >= 15 is 19.2 Å². The third kappa shape index (κ3) is 15.3. The Bertz CT molecular complexity index is 4150. The van der Waals surface area contributed by atoms with Gasteiger partial charge in [-0.15, -0.1) is 0 Å². The molecule has 0 saturated heterocycles. The van der Waals surface area contributed by atoms with Crippen molar-refractivity contribution < 1.29 is 24.0 Å². The highest BCUT2D eigenvalue weighted by atomic mass is 16.1. The van der Waals surface area contributed by atoms with E-state index in [1.807, 2.05) is 0 Å². The van der Waals surface area contributed by atoms with Crippen molar-refractivity contribution in [2.24, 2.45) is 43.3 Å².